The largest absolute Gasteiger partial charge is 0.497 e. The van der Waals surface area contributed by atoms with Gasteiger partial charge in [-0.3, -0.25) is 4.79 Å². The molecule has 0 aliphatic carbocycles. The number of ether oxygens (including phenoxy) is 1. The summed E-state index contributed by atoms with van der Waals surface area (Å²) in [5.74, 6) is 0.654. The van der Waals surface area contributed by atoms with Crippen LogP contribution in [-0.2, 0) is 6.54 Å². The Hall–Kier alpha value is -2.87. The van der Waals surface area contributed by atoms with Gasteiger partial charge in [0.15, 0.2) is 5.76 Å². The predicted molar refractivity (Wildman–Crippen MR) is 115 cm³/mol. The van der Waals surface area contributed by atoms with Crippen LogP contribution in [0.3, 0.4) is 0 Å². The van der Waals surface area contributed by atoms with Gasteiger partial charge < -0.3 is 24.1 Å². The van der Waals surface area contributed by atoms with E-state index in [1.165, 1.54) is 5.70 Å². The van der Waals surface area contributed by atoms with Gasteiger partial charge in [0.25, 0.3) is 5.91 Å². The number of nitrogens with one attached hydrogen (secondary N) is 1. The Labute approximate surface area is 170 Å². The van der Waals surface area contributed by atoms with E-state index in [1.807, 2.05) is 30.3 Å². The Morgan fingerprint density at radius 3 is 2.55 bits per heavy atom. The number of carbonyl (C=O) groups is 1. The van der Waals surface area contributed by atoms with Crippen LogP contribution >= 0.6 is 0 Å². The molecule has 0 saturated heterocycles. The maximum Gasteiger partial charge on any atom is 0.362 e. The molecule has 3 rings (SSSR count). The molecule has 1 aromatic heterocycles. The van der Waals surface area contributed by atoms with E-state index in [0.29, 0.717) is 17.9 Å². The van der Waals surface area contributed by atoms with Crippen molar-refractivity contribution in [2.24, 2.45) is 0 Å². The normalized spacial score (nSPS) is 12.1. The highest BCUT2D eigenvalue weighted by molar-refractivity contribution is 6.72. The van der Waals surface area contributed by atoms with Gasteiger partial charge in [0.2, 0.25) is 0 Å². The number of hydrogen-bond donors (Lipinski definition) is 3. The number of amides is 1. The van der Waals surface area contributed by atoms with E-state index < -0.39 is 8.56 Å². The molecule has 29 heavy (non-hydrogen) atoms. The topological polar surface area (TPSA) is 91.9 Å². The number of furan rings is 1. The van der Waals surface area contributed by atoms with E-state index in [-0.39, 0.29) is 17.2 Å². The lowest BCUT2D eigenvalue weighted by Crippen LogP contribution is -2.35. The molecule has 0 radical (unpaired) electrons. The summed E-state index contributed by atoms with van der Waals surface area (Å²) < 4.78 is 10.8. The first kappa shape index (κ1) is 20.9. The van der Waals surface area contributed by atoms with Gasteiger partial charge in [-0.2, -0.15) is 0 Å². The summed E-state index contributed by atoms with van der Waals surface area (Å²) in [7, 11) is -1.73. The van der Waals surface area contributed by atoms with Crippen molar-refractivity contribution >= 4 is 31.5 Å². The van der Waals surface area contributed by atoms with Crippen LogP contribution in [0.2, 0.25) is 5.54 Å². The predicted octanol–water partition coefficient (Wildman–Crippen LogP) is 3.76. The summed E-state index contributed by atoms with van der Waals surface area (Å²) in [6, 6.07) is 14.6. The fourth-order valence-corrected chi connectivity index (χ4v) is 3.51. The maximum absolute atomic E-state index is 12.4. The number of rotatable bonds is 7. The van der Waals surface area contributed by atoms with Gasteiger partial charge in [-0.25, -0.2) is 0 Å². The molecule has 7 heteroatoms. The van der Waals surface area contributed by atoms with E-state index in [1.54, 1.807) is 45.2 Å². The highest BCUT2D eigenvalue weighted by Crippen LogP contribution is 2.24. The van der Waals surface area contributed by atoms with E-state index >= 15 is 0 Å². The van der Waals surface area contributed by atoms with Crippen LogP contribution in [0.4, 0.5) is 0 Å². The van der Waals surface area contributed by atoms with Crippen LogP contribution in [0.5, 0.6) is 5.75 Å². The molecule has 3 aromatic rings. The zero-order chi connectivity index (χ0) is 21.0. The number of carbonyl (C=O) groups excluding carboxylic acids is 1. The minimum absolute atomic E-state index is 0.174. The maximum atomic E-state index is 12.4. The average Bonchev–Trinajstić information content (AvgIpc) is 3.14. The SMILES string of the molecule is COc1ccc2oc(C(=O)NCc3ccc(C=C[Si](O)(O)C(C)C)cc3)cc2c1. The van der Waals surface area contributed by atoms with E-state index in [9.17, 15) is 14.4 Å². The third-order valence-electron chi connectivity index (χ3n) is 4.75. The van der Waals surface area contributed by atoms with Crippen LogP contribution in [0.15, 0.2) is 58.6 Å². The van der Waals surface area contributed by atoms with Crippen LogP contribution in [-0.4, -0.2) is 31.2 Å². The van der Waals surface area contributed by atoms with Crippen LogP contribution in [0.25, 0.3) is 17.0 Å². The molecule has 0 atom stereocenters. The summed E-state index contributed by atoms with van der Waals surface area (Å²) in [6.45, 7) is 3.94. The fourth-order valence-electron chi connectivity index (χ4n) is 2.69. The number of hydrogen-bond acceptors (Lipinski definition) is 5. The zero-order valence-electron chi connectivity index (χ0n) is 16.7. The van der Waals surface area contributed by atoms with Crippen LogP contribution in [0, 0.1) is 0 Å². The lowest BCUT2D eigenvalue weighted by molar-refractivity contribution is 0.0925. The average molecular weight is 412 g/mol. The van der Waals surface area contributed by atoms with Gasteiger partial charge in [0.05, 0.1) is 7.11 Å². The van der Waals surface area contributed by atoms with Crippen molar-refractivity contribution in [2.45, 2.75) is 25.9 Å². The van der Waals surface area contributed by atoms with Gasteiger partial charge in [-0.1, -0.05) is 44.2 Å². The monoisotopic (exact) mass is 411 g/mol. The van der Waals surface area contributed by atoms with Crippen LogP contribution < -0.4 is 10.1 Å². The van der Waals surface area contributed by atoms with Gasteiger partial charge in [0, 0.05) is 17.5 Å². The summed E-state index contributed by atoms with van der Waals surface area (Å²) in [5.41, 5.74) is 3.75. The molecule has 0 fully saturated rings. The highest BCUT2D eigenvalue weighted by atomic mass is 28.4. The van der Waals surface area contributed by atoms with Gasteiger partial charge in [0.1, 0.15) is 11.3 Å². The Morgan fingerprint density at radius 1 is 1.17 bits per heavy atom. The molecule has 0 saturated carbocycles. The molecule has 152 valence electrons. The molecule has 0 bridgehead atoms. The summed E-state index contributed by atoms with van der Waals surface area (Å²) in [5, 5.41) is 3.65. The third kappa shape index (κ3) is 5.14. The molecule has 3 N–H and O–H groups in total. The van der Waals surface area contributed by atoms with Gasteiger partial charge in [-0.05, 0) is 41.1 Å². The van der Waals surface area contributed by atoms with Gasteiger partial charge in [-0.15, -0.1) is 0 Å². The Bertz CT molecular complexity index is 1020. The van der Waals surface area contributed by atoms with Crippen molar-refractivity contribution in [3.8, 4) is 5.75 Å². The molecule has 1 heterocycles. The molecule has 0 unspecified atom stereocenters. The minimum Gasteiger partial charge on any atom is -0.497 e. The smallest absolute Gasteiger partial charge is 0.362 e. The second-order valence-corrected chi connectivity index (χ2v) is 10.3. The molecule has 0 aliphatic heterocycles. The first-order chi connectivity index (χ1) is 13.8. The van der Waals surface area contributed by atoms with Crippen molar-refractivity contribution < 1.29 is 23.5 Å². The number of methoxy groups -OCH3 is 1. The first-order valence-electron chi connectivity index (χ1n) is 9.37. The standard InChI is InChI=1S/C22H25NO5Si/c1-15(2)29(25,26)11-10-16-4-6-17(7-5-16)14-23-22(24)21-13-18-12-19(27-3)8-9-20(18)28-21/h4-13,15,25-26H,14H2,1-3H3,(H,23,24). The molecule has 0 spiro atoms. The molecule has 6 nitrogen and oxygen atoms in total. The Morgan fingerprint density at radius 2 is 1.90 bits per heavy atom. The fraction of sp³-hybridized carbons (Fsp3) is 0.227. The lowest BCUT2D eigenvalue weighted by Gasteiger charge is -2.17. The van der Waals surface area contributed by atoms with Crippen LogP contribution in [0.1, 0.15) is 35.5 Å². The first-order valence-corrected chi connectivity index (χ1v) is 11.4. The highest BCUT2D eigenvalue weighted by Gasteiger charge is 2.29. The van der Waals surface area contributed by atoms with Crippen molar-refractivity contribution in [3.63, 3.8) is 0 Å². The van der Waals surface area contributed by atoms with Gasteiger partial charge >= 0.3 is 8.56 Å². The Balaban J connectivity index is 1.61. The van der Waals surface area contributed by atoms with Crippen molar-refractivity contribution in [1.82, 2.24) is 5.32 Å². The summed E-state index contributed by atoms with van der Waals surface area (Å²) in [6.07, 6.45) is 1.72. The quantitative estimate of drug-likeness (QED) is 0.515. The molecular formula is C22H25NO5Si. The Kier molecular flexibility index (Phi) is 6.22. The molecule has 0 aliphatic rings. The molecule has 1 amide bonds. The molecular weight excluding hydrogens is 386 g/mol. The number of fused-ring (bicyclic) bond motifs is 1. The lowest BCUT2D eigenvalue weighted by atomic mass is 10.1. The summed E-state index contributed by atoms with van der Waals surface area (Å²) in [4.78, 5) is 32.4. The van der Waals surface area contributed by atoms with E-state index in [0.717, 1.165) is 16.5 Å². The van der Waals surface area contributed by atoms with Crippen molar-refractivity contribution in [1.29, 1.82) is 0 Å². The van der Waals surface area contributed by atoms with Crippen molar-refractivity contribution in [3.05, 3.63) is 71.1 Å². The second kappa shape index (κ2) is 8.65. The number of benzene rings is 2. The van der Waals surface area contributed by atoms with Crippen molar-refractivity contribution in [2.75, 3.05) is 7.11 Å². The summed E-state index contributed by atoms with van der Waals surface area (Å²) >= 11 is 0. The molecule has 2 aromatic carbocycles. The van der Waals surface area contributed by atoms with E-state index in [4.69, 9.17) is 9.15 Å². The zero-order valence-corrected chi connectivity index (χ0v) is 17.7. The minimum atomic E-state index is -3.32. The third-order valence-corrected chi connectivity index (χ3v) is 7.11. The van der Waals surface area contributed by atoms with E-state index in [2.05, 4.69) is 5.32 Å². The second-order valence-electron chi connectivity index (χ2n) is 7.21.